The third kappa shape index (κ3) is 3.67. The number of aryl methyl sites for hydroxylation is 1. The highest BCUT2D eigenvalue weighted by atomic mass is 32.2. The smallest absolute Gasteiger partial charge is 0.326 e. The van der Waals surface area contributed by atoms with Gasteiger partial charge in [0.05, 0.1) is 17.3 Å². The Labute approximate surface area is 163 Å². The number of carbonyl (C=O) groups is 1. The maximum absolute atomic E-state index is 12.9. The van der Waals surface area contributed by atoms with E-state index in [-0.39, 0.29) is 23.9 Å². The van der Waals surface area contributed by atoms with Crippen molar-refractivity contribution in [1.82, 2.24) is 9.55 Å². The molecule has 2 heterocycles. The van der Waals surface area contributed by atoms with Crippen molar-refractivity contribution < 1.29 is 18.0 Å². The number of alkyl halides is 3. The number of amides is 1. The summed E-state index contributed by atoms with van der Waals surface area (Å²) in [5, 5.41) is 3.26. The zero-order valence-electron chi connectivity index (χ0n) is 14.9. The summed E-state index contributed by atoms with van der Waals surface area (Å²) in [6.45, 7) is 0. The van der Waals surface area contributed by atoms with Crippen molar-refractivity contribution in [2.24, 2.45) is 0 Å². The fraction of sp³-hybridized carbons (Fsp3) is 0.421. The number of anilines is 1. The minimum atomic E-state index is -4.42. The molecule has 1 amide bonds. The van der Waals surface area contributed by atoms with Gasteiger partial charge in [-0.05, 0) is 49.9 Å². The summed E-state index contributed by atoms with van der Waals surface area (Å²) in [6.07, 6.45) is -0.807. The number of nitrogens with zero attached hydrogens (tertiary/aromatic N) is 2. The van der Waals surface area contributed by atoms with Gasteiger partial charge in [0.15, 0.2) is 5.16 Å². The highest BCUT2D eigenvalue weighted by Gasteiger charge is 2.31. The van der Waals surface area contributed by atoms with Gasteiger partial charge in [-0.25, -0.2) is 4.98 Å². The molecule has 0 saturated carbocycles. The first-order chi connectivity index (χ1) is 13.3. The molecule has 1 unspecified atom stereocenters. The van der Waals surface area contributed by atoms with Gasteiger partial charge in [0, 0.05) is 23.4 Å². The quantitative estimate of drug-likeness (QED) is 0.783. The molecule has 148 valence electrons. The van der Waals surface area contributed by atoms with E-state index in [2.05, 4.69) is 10.3 Å². The van der Waals surface area contributed by atoms with Crippen molar-refractivity contribution in [3.8, 4) is 0 Å². The fourth-order valence-electron chi connectivity index (χ4n) is 3.63. The van der Waals surface area contributed by atoms with Crippen LogP contribution in [-0.4, -0.2) is 21.2 Å². The molecular formula is C19H18F3N3O2S. The Morgan fingerprint density at radius 3 is 2.64 bits per heavy atom. The lowest BCUT2D eigenvalue weighted by Gasteiger charge is -2.18. The van der Waals surface area contributed by atoms with Crippen molar-refractivity contribution in [3.05, 3.63) is 51.4 Å². The largest absolute Gasteiger partial charge is 0.416 e. The second-order valence-electron chi connectivity index (χ2n) is 6.99. The number of aromatic nitrogens is 2. The number of rotatable bonds is 3. The van der Waals surface area contributed by atoms with E-state index >= 15 is 0 Å². The van der Waals surface area contributed by atoms with Crippen LogP contribution in [0.4, 0.5) is 18.9 Å². The number of fused-ring (bicyclic) bond motifs is 2. The number of thioether (sulfide) groups is 1. The number of benzene rings is 1. The van der Waals surface area contributed by atoms with E-state index in [9.17, 15) is 22.8 Å². The third-order valence-electron chi connectivity index (χ3n) is 5.04. The number of carbonyl (C=O) groups excluding carboxylic acids is 1. The monoisotopic (exact) mass is 409 g/mol. The summed E-state index contributed by atoms with van der Waals surface area (Å²) in [5.74, 6) is 0.230. The maximum atomic E-state index is 12.9. The minimum absolute atomic E-state index is 0.0583. The molecule has 1 aromatic carbocycles. The van der Waals surface area contributed by atoms with Crippen molar-refractivity contribution in [1.29, 1.82) is 0 Å². The molecule has 0 fully saturated rings. The summed E-state index contributed by atoms with van der Waals surface area (Å²) in [4.78, 5) is 29.9. The van der Waals surface area contributed by atoms with Gasteiger partial charge in [0.1, 0.15) is 0 Å². The van der Waals surface area contributed by atoms with Crippen LogP contribution in [0.1, 0.15) is 42.1 Å². The van der Waals surface area contributed by atoms with Gasteiger partial charge >= 0.3 is 6.18 Å². The topological polar surface area (TPSA) is 64.0 Å². The molecule has 5 nitrogen and oxygen atoms in total. The van der Waals surface area contributed by atoms with Crippen LogP contribution >= 0.6 is 11.8 Å². The molecule has 1 N–H and O–H groups in total. The molecule has 0 radical (unpaired) electrons. The standard InChI is InChI=1S/C19H18F3N3O2S/c20-19(21,22)11-5-7-12(8-6-11)23-16(26)9-13-10-28-18-24-15-4-2-1-3-14(15)17(27)25(13)18/h5-8,13H,1-4,9-10H2,(H,23,26). The molecule has 1 aromatic heterocycles. The van der Waals surface area contributed by atoms with E-state index in [0.717, 1.165) is 49.1 Å². The molecule has 28 heavy (non-hydrogen) atoms. The van der Waals surface area contributed by atoms with E-state index in [1.165, 1.54) is 23.9 Å². The highest BCUT2D eigenvalue weighted by Crippen LogP contribution is 2.34. The lowest BCUT2D eigenvalue weighted by atomic mass is 9.97. The van der Waals surface area contributed by atoms with Crippen LogP contribution in [0.2, 0.25) is 0 Å². The molecule has 9 heteroatoms. The van der Waals surface area contributed by atoms with Crippen LogP contribution < -0.4 is 10.9 Å². The zero-order chi connectivity index (χ0) is 19.9. The summed E-state index contributed by atoms with van der Waals surface area (Å²) in [6, 6.07) is 4.00. The molecule has 1 aliphatic heterocycles. The molecule has 2 aromatic rings. The number of hydrogen-bond acceptors (Lipinski definition) is 4. The highest BCUT2D eigenvalue weighted by molar-refractivity contribution is 7.99. The van der Waals surface area contributed by atoms with E-state index < -0.39 is 11.7 Å². The second-order valence-corrected chi connectivity index (χ2v) is 7.98. The van der Waals surface area contributed by atoms with Gasteiger partial charge < -0.3 is 5.32 Å². The number of nitrogens with one attached hydrogen (secondary N) is 1. The van der Waals surface area contributed by atoms with Gasteiger partial charge in [-0.2, -0.15) is 13.2 Å². The number of halogens is 3. The second kappa shape index (κ2) is 7.27. The number of hydrogen-bond donors (Lipinski definition) is 1. The normalized spacial score (nSPS) is 18.5. The Morgan fingerprint density at radius 2 is 1.93 bits per heavy atom. The Morgan fingerprint density at radius 1 is 1.21 bits per heavy atom. The first kappa shape index (κ1) is 19.0. The molecule has 0 bridgehead atoms. The van der Waals surface area contributed by atoms with Gasteiger partial charge in [-0.15, -0.1) is 0 Å². The van der Waals surface area contributed by atoms with E-state index in [0.29, 0.717) is 16.6 Å². The Kier molecular flexibility index (Phi) is 4.95. The van der Waals surface area contributed by atoms with E-state index in [1.54, 1.807) is 4.57 Å². The van der Waals surface area contributed by atoms with Crippen molar-refractivity contribution in [3.63, 3.8) is 0 Å². The first-order valence-corrected chi connectivity index (χ1v) is 10.1. The van der Waals surface area contributed by atoms with E-state index in [4.69, 9.17) is 0 Å². The lowest BCUT2D eigenvalue weighted by molar-refractivity contribution is -0.137. The summed E-state index contributed by atoms with van der Waals surface area (Å²) in [7, 11) is 0. The van der Waals surface area contributed by atoms with Gasteiger partial charge in [-0.1, -0.05) is 11.8 Å². The molecule has 0 saturated heterocycles. The maximum Gasteiger partial charge on any atom is 0.416 e. The van der Waals surface area contributed by atoms with Crippen LogP contribution in [0, 0.1) is 0 Å². The Hall–Kier alpha value is -2.29. The van der Waals surface area contributed by atoms with Crippen LogP contribution in [0.5, 0.6) is 0 Å². The Bertz CT molecular complexity index is 970. The van der Waals surface area contributed by atoms with Crippen molar-refractivity contribution in [2.45, 2.75) is 49.5 Å². The lowest BCUT2D eigenvalue weighted by Crippen LogP contribution is -2.32. The predicted molar refractivity (Wildman–Crippen MR) is 99.6 cm³/mol. The Balaban J connectivity index is 1.48. The molecule has 1 atom stereocenters. The van der Waals surface area contributed by atoms with Gasteiger partial charge in [-0.3, -0.25) is 14.2 Å². The molecule has 1 aliphatic carbocycles. The van der Waals surface area contributed by atoms with Gasteiger partial charge in [0.25, 0.3) is 5.56 Å². The molecule has 4 rings (SSSR count). The van der Waals surface area contributed by atoms with Gasteiger partial charge in [0.2, 0.25) is 5.91 Å². The van der Waals surface area contributed by atoms with Crippen molar-refractivity contribution >= 4 is 23.4 Å². The predicted octanol–water partition coefficient (Wildman–Crippen LogP) is 3.82. The molecular weight excluding hydrogens is 391 g/mol. The average Bonchev–Trinajstić information content (AvgIpc) is 3.04. The SMILES string of the molecule is O=C(CC1CSc2nc3c(c(=O)n21)CCCC3)Nc1ccc(C(F)(F)F)cc1. The minimum Gasteiger partial charge on any atom is -0.326 e. The third-order valence-corrected chi connectivity index (χ3v) is 6.14. The van der Waals surface area contributed by atoms with Crippen LogP contribution in [0.25, 0.3) is 0 Å². The molecule has 0 spiro atoms. The summed E-state index contributed by atoms with van der Waals surface area (Å²) in [5.41, 5.74) is 1.10. The first-order valence-electron chi connectivity index (χ1n) is 9.07. The van der Waals surface area contributed by atoms with Crippen LogP contribution in [-0.2, 0) is 23.8 Å². The average molecular weight is 409 g/mol. The fourth-order valence-corrected chi connectivity index (χ4v) is 4.79. The summed E-state index contributed by atoms with van der Waals surface area (Å²) < 4.78 is 39.5. The van der Waals surface area contributed by atoms with Crippen molar-refractivity contribution in [2.75, 3.05) is 11.1 Å². The summed E-state index contributed by atoms with van der Waals surface area (Å²) >= 11 is 1.46. The zero-order valence-corrected chi connectivity index (χ0v) is 15.7. The molecule has 2 aliphatic rings. The van der Waals surface area contributed by atoms with E-state index in [1.807, 2.05) is 0 Å². The van der Waals surface area contributed by atoms with Crippen LogP contribution in [0.3, 0.4) is 0 Å². The van der Waals surface area contributed by atoms with Crippen LogP contribution in [0.15, 0.2) is 34.2 Å².